The van der Waals surface area contributed by atoms with E-state index in [1.807, 2.05) is 24.6 Å². The summed E-state index contributed by atoms with van der Waals surface area (Å²) in [7, 11) is 0. The van der Waals surface area contributed by atoms with Gasteiger partial charge in [0.1, 0.15) is 5.75 Å². The van der Waals surface area contributed by atoms with Gasteiger partial charge in [-0.2, -0.15) is 0 Å². The predicted molar refractivity (Wildman–Crippen MR) is 118 cm³/mol. The van der Waals surface area contributed by atoms with Gasteiger partial charge in [-0.25, -0.2) is 0 Å². The maximum absolute atomic E-state index is 10.6. The Morgan fingerprint density at radius 3 is 1.64 bits per heavy atom. The standard InChI is InChI=1S/C23H36N4O/c1-20-16-21(18-24-8-14-26-10-4-2-5-11-26)23(28)22(17-20)19-25-9-15-27-12-6-3-7-13-27/h16-19,28H,2-15H2,1H3. The van der Waals surface area contributed by atoms with Crippen molar-refractivity contribution in [2.45, 2.75) is 45.4 Å². The molecule has 2 fully saturated rings. The summed E-state index contributed by atoms with van der Waals surface area (Å²) in [6.07, 6.45) is 11.6. The van der Waals surface area contributed by atoms with Gasteiger partial charge in [-0.15, -0.1) is 0 Å². The highest BCUT2D eigenvalue weighted by molar-refractivity contribution is 5.92. The fourth-order valence-electron chi connectivity index (χ4n) is 4.12. The summed E-state index contributed by atoms with van der Waals surface area (Å²) in [5.41, 5.74) is 2.69. The Morgan fingerprint density at radius 1 is 0.786 bits per heavy atom. The van der Waals surface area contributed by atoms with Crippen molar-refractivity contribution in [3.8, 4) is 5.75 Å². The van der Waals surface area contributed by atoms with Crippen LogP contribution in [0.4, 0.5) is 0 Å². The first kappa shape index (κ1) is 21.0. The number of phenolic OH excluding ortho intramolecular Hbond substituents is 1. The number of piperidine rings is 2. The van der Waals surface area contributed by atoms with Gasteiger partial charge in [0, 0.05) is 36.6 Å². The predicted octanol–water partition coefficient (Wildman–Crippen LogP) is 3.51. The number of aromatic hydroxyl groups is 1. The Labute approximate surface area is 170 Å². The molecule has 0 amide bonds. The van der Waals surface area contributed by atoms with Crippen molar-refractivity contribution in [1.82, 2.24) is 9.80 Å². The fraction of sp³-hybridized carbons (Fsp3) is 0.652. The smallest absolute Gasteiger partial charge is 0.133 e. The van der Waals surface area contributed by atoms with E-state index in [9.17, 15) is 5.11 Å². The molecule has 0 aliphatic carbocycles. The molecule has 0 saturated carbocycles. The molecule has 1 N–H and O–H groups in total. The van der Waals surface area contributed by atoms with Crippen LogP contribution in [0.1, 0.15) is 55.2 Å². The van der Waals surface area contributed by atoms with Crippen LogP contribution in [0, 0.1) is 6.92 Å². The minimum atomic E-state index is 0.286. The van der Waals surface area contributed by atoms with Gasteiger partial charge < -0.3 is 14.9 Å². The summed E-state index contributed by atoms with van der Waals surface area (Å²) < 4.78 is 0. The molecular weight excluding hydrogens is 348 g/mol. The summed E-state index contributed by atoms with van der Waals surface area (Å²) in [5, 5.41) is 10.6. The second-order valence-corrected chi connectivity index (χ2v) is 8.17. The van der Waals surface area contributed by atoms with Gasteiger partial charge in [0.2, 0.25) is 0 Å². The largest absolute Gasteiger partial charge is 0.507 e. The average Bonchev–Trinajstić information content (AvgIpc) is 2.73. The van der Waals surface area contributed by atoms with Crippen LogP contribution in [0.3, 0.4) is 0 Å². The number of likely N-dealkylation sites (tertiary alicyclic amines) is 2. The van der Waals surface area contributed by atoms with Crippen molar-refractivity contribution in [3.05, 3.63) is 28.8 Å². The molecule has 0 radical (unpaired) electrons. The van der Waals surface area contributed by atoms with Crippen molar-refractivity contribution in [1.29, 1.82) is 0 Å². The Bertz CT molecular complexity index is 606. The molecule has 0 spiro atoms. The van der Waals surface area contributed by atoms with Crippen LogP contribution >= 0.6 is 0 Å². The van der Waals surface area contributed by atoms with Crippen LogP contribution in [-0.2, 0) is 0 Å². The van der Waals surface area contributed by atoms with Crippen LogP contribution in [-0.4, -0.2) is 79.7 Å². The molecule has 0 unspecified atom stereocenters. The molecule has 2 aliphatic heterocycles. The number of hydrogen-bond acceptors (Lipinski definition) is 5. The molecule has 28 heavy (non-hydrogen) atoms. The van der Waals surface area contributed by atoms with Crippen LogP contribution in [0.15, 0.2) is 22.1 Å². The maximum Gasteiger partial charge on any atom is 0.133 e. The Balaban J connectivity index is 1.51. The summed E-state index contributed by atoms with van der Waals surface area (Å²) in [6, 6.07) is 3.98. The number of hydrogen-bond donors (Lipinski definition) is 1. The van der Waals surface area contributed by atoms with Crippen LogP contribution in [0.2, 0.25) is 0 Å². The summed E-state index contributed by atoms with van der Waals surface area (Å²) in [4.78, 5) is 14.1. The number of benzene rings is 1. The van der Waals surface area contributed by atoms with Gasteiger partial charge in [0.25, 0.3) is 0 Å². The third-order valence-corrected chi connectivity index (χ3v) is 5.76. The molecule has 0 bridgehead atoms. The van der Waals surface area contributed by atoms with E-state index in [0.29, 0.717) is 0 Å². The molecule has 0 atom stereocenters. The summed E-state index contributed by atoms with van der Waals surface area (Å²) in [6.45, 7) is 10.4. The van der Waals surface area contributed by atoms with Crippen molar-refractivity contribution in [2.75, 3.05) is 52.4 Å². The molecule has 2 saturated heterocycles. The average molecular weight is 385 g/mol. The lowest BCUT2D eigenvalue weighted by molar-refractivity contribution is 0.235. The Hall–Kier alpha value is -1.72. The third kappa shape index (κ3) is 6.71. The molecule has 0 aromatic heterocycles. The highest BCUT2D eigenvalue weighted by Gasteiger charge is 2.10. The van der Waals surface area contributed by atoms with Crippen LogP contribution in [0.5, 0.6) is 5.75 Å². The van der Waals surface area contributed by atoms with Gasteiger partial charge >= 0.3 is 0 Å². The molecule has 154 valence electrons. The minimum Gasteiger partial charge on any atom is -0.507 e. The Morgan fingerprint density at radius 2 is 1.21 bits per heavy atom. The van der Waals surface area contributed by atoms with Gasteiger partial charge in [0.15, 0.2) is 0 Å². The van der Waals surface area contributed by atoms with Gasteiger partial charge in [0.05, 0.1) is 13.1 Å². The number of nitrogens with zero attached hydrogens (tertiary/aromatic N) is 4. The highest BCUT2D eigenvalue weighted by Crippen LogP contribution is 2.22. The third-order valence-electron chi connectivity index (χ3n) is 5.76. The normalized spacial score (nSPS) is 19.8. The number of rotatable bonds is 8. The zero-order valence-electron chi connectivity index (χ0n) is 17.4. The van der Waals surface area contributed by atoms with E-state index in [1.54, 1.807) is 0 Å². The first-order valence-corrected chi connectivity index (χ1v) is 11.0. The number of aliphatic imine (C=N–C) groups is 2. The van der Waals surface area contributed by atoms with Crippen molar-refractivity contribution >= 4 is 12.4 Å². The Kier molecular flexibility index (Phi) is 8.49. The van der Waals surface area contributed by atoms with Gasteiger partial charge in [-0.05, 0) is 76.5 Å². The lowest BCUT2D eigenvalue weighted by atomic mass is 10.1. The SMILES string of the molecule is Cc1cc(C=NCCN2CCCCC2)c(O)c(C=NCCN2CCCCC2)c1. The lowest BCUT2D eigenvalue weighted by Gasteiger charge is -2.25. The molecule has 1 aromatic rings. The maximum atomic E-state index is 10.6. The van der Waals surface area contributed by atoms with Crippen LogP contribution in [0.25, 0.3) is 0 Å². The van der Waals surface area contributed by atoms with E-state index in [-0.39, 0.29) is 5.75 Å². The van der Waals surface area contributed by atoms with E-state index in [2.05, 4.69) is 26.7 Å². The number of phenols is 1. The molecule has 5 heteroatoms. The van der Waals surface area contributed by atoms with E-state index >= 15 is 0 Å². The monoisotopic (exact) mass is 384 g/mol. The second kappa shape index (κ2) is 11.3. The summed E-state index contributed by atoms with van der Waals surface area (Å²) in [5.74, 6) is 0.286. The zero-order chi connectivity index (χ0) is 19.6. The molecule has 1 aromatic carbocycles. The summed E-state index contributed by atoms with van der Waals surface area (Å²) >= 11 is 0. The van der Waals surface area contributed by atoms with Crippen LogP contribution < -0.4 is 0 Å². The zero-order valence-corrected chi connectivity index (χ0v) is 17.4. The lowest BCUT2D eigenvalue weighted by Crippen LogP contribution is -2.31. The van der Waals surface area contributed by atoms with Gasteiger partial charge in [-0.3, -0.25) is 9.98 Å². The molecule has 2 heterocycles. The fourth-order valence-corrected chi connectivity index (χ4v) is 4.12. The molecule has 5 nitrogen and oxygen atoms in total. The second-order valence-electron chi connectivity index (χ2n) is 8.17. The topological polar surface area (TPSA) is 51.4 Å². The van der Waals surface area contributed by atoms with Gasteiger partial charge in [-0.1, -0.05) is 12.8 Å². The first-order valence-electron chi connectivity index (χ1n) is 11.0. The molecular formula is C23H36N4O. The quantitative estimate of drug-likeness (QED) is 0.698. The van der Waals surface area contributed by atoms with Crippen molar-refractivity contribution in [3.63, 3.8) is 0 Å². The first-order chi connectivity index (χ1) is 13.7. The molecule has 3 rings (SSSR count). The number of aryl methyl sites for hydroxylation is 1. The van der Waals surface area contributed by atoms with E-state index in [4.69, 9.17) is 0 Å². The minimum absolute atomic E-state index is 0.286. The highest BCUT2D eigenvalue weighted by atomic mass is 16.3. The van der Waals surface area contributed by atoms with E-state index in [1.165, 1.54) is 64.7 Å². The van der Waals surface area contributed by atoms with Crippen molar-refractivity contribution in [2.24, 2.45) is 9.98 Å². The molecule has 2 aliphatic rings. The van der Waals surface area contributed by atoms with E-state index < -0.39 is 0 Å². The van der Waals surface area contributed by atoms with E-state index in [0.717, 1.165) is 42.9 Å². The van der Waals surface area contributed by atoms with Crippen molar-refractivity contribution < 1.29 is 5.11 Å².